The van der Waals surface area contributed by atoms with Crippen LogP contribution >= 0.6 is 11.8 Å². The average molecular weight is 314 g/mol. The predicted molar refractivity (Wildman–Crippen MR) is 93.2 cm³/mol. The molecule has 0 unspecified atom stereocenters. The van der Waals surface area contributed by atoms with Gasteiger partial charge in [-0.2, -0.15) is 0 Å². The number of thioether (sulfide) groups is 1. The van der Waals surface area contributed by atoms with Gasteiger partial charge in [0.15, 0.2) is 5.78 Å². The number of benzene rings is 2. The Bertz CT molecular complexity index is 642. The number of carbonyl (C=O) groups excluding carboxylic acids is 1. The van der Waals surface area contributed by atoms with Crippen molar-refractivity contribution in [2.75, 3.05) is 12.9 Å². The molecule has 2 aromatic rings. The molecule has 0 bridgehead atoms. The van der Waals surface area contributed by atoms with Crippen molar-refractivity contribution >= 4 is 17.5 Å². The van der Waals surface area contributed by atoms with Crippen LogP contribution in [0.3, 0.4) is 0 Å². The Kier molecular flexibility index (Phi) is 5.30. The first-order valence-corrected chi connectivity index (χ1v) is 8.30. The minimum absolute atomic E-state index is 0.00781. The van der Waals surface area contributed by atoms with E-state index in [2.05, 4.69) is 20.8 Å². The summed E-state index contributed by atoms with van der Waals surface area (Å²) in [7, 11) is 1.60. The zero-order valence-corrected chi connectivity index (χ0v) is 14.4. The molecule has 2 rings (SSSR count). The van der Waals surface area contributed by atoms with E-state index in [1.165, 1.54) is 0 Å². The second kappa shape index (κ2) is 7.01. The quantitative estimate of drug-likeness (QED) is 0.576. The normalized spacial score (nSPS) is 11.3. The minimum Gasteiger partial charge on any atom is -0.496 e. The van der Waals surface area contributed by atoms with Crippen LogP contribution in [0.15, 0.2) is 53.4 Å². The molecule has 2 aromatic carbocycles. The van der Waals surface area contributed by atoms with Crippen LogP contribution in [-0.4, -0.2) is 18.6 Å². The molecule has 116 valence electrons. The highest BCUT2D eigenvalue weighted by molar-refractivity contribution is 8.00. The highest BCUT2D eigenvalue weighted by atomic mass is 32.2. The first kappa shape index (κ1) is 16.6. The summed E-state index contributed by atoms with van der Waals surface area (Å²) >= 11 is 1.55. The van der Waals surface area contributed by atoms with Crippen molar-refractivity contribution in [1.82, 2.24) is 0 Å². The molecule has 0 amide bonds. The van der Waals surface area contributed by atoms with E-state index in [1.54, 1.807) is 18.9 Å². The van der Waals surface area contributed by atoms with Crippen molar-refractivity contribution in [3.8, 4) is 5.75 Å². The molecule has 0 atom stereocenters. The maximum Gasteiger partial charge on any atom is 0.176 e. The molecule has 0 aliphatic carbocycles. The number of hydrogen-bond donors (Lipinski definition) is 0. The molecule has 0 aliphatic heterocycles. The van der Waals surface area contributed by atoms with Crippen LogP contribution in [-0.2, 0) is 5.41 Å². The highest BCUT2D eigenvalue weighted by Gasteiger charge is 2.19. The molecule has 0 N–H and O–H groups in total. The minimum atomic E-state index is 0.00781. The van der Waals surface area contributed by atoms with Gasteiger partial charge >= 0.3 is 0 Å². The van der Waals surface area contributed by atoms with Gasteiger partial charge in [-0.15, -0.1) is 11.8 Å². The van der Waals surface area contributed by atoms with E-state index >= 15 is 0 Å². The second-order valence-electron chi connectivity index (χ2n) is 6.19. The smallest absolute Gasteiger partial charge is 0.176 e. The lowest BCUT2D eigenvalue weighted by atomic mass is 9.85. The molecule has 0 saturated heterocycles. The van der Waals surface area contributed by atoms with Crippen molar-refractivity contribution < 1.29 is 9.53 Å². The molecular weight excluding hydrogens is 292 g/mol. The molecule has 3 heteroatoms. The van der Waals surface area contributed by atoms with E-state index in [0.29, 0.717) is 17.1 Å². The lowest BCUT2D eigenvalue weighted by Gasteiger charge is -2.20. The number of rotatable bonds is 5. The molecule has 0 radical (unpaired) electrons. The molecule has 0 fully saturated rings. The van der Waals surface area contributed by atoms with Crippen LogP contribution in [0.2, 0.25) is 0 Å². The van der Waals surface area contributed by atoms with Gasteiger partial charge in [-0.05, 0) is 35.2 Å². The summed E-state index contributed by atoms with van der Waals surface area (Å²) in [6.45, 7) is 6.42. The third kappa shape index (κ3) is 4.14. The second-order valence-corrected chi connectivity index (χ2v) is 7.24. The van der Waals surface area contributed by atoms with Gasteiger partial charge in [0.05, 0.1) is 18.4 Å². The Labute approximate surface area is 136 Å². The third-order valence-corrected chi connectivity index (χ3v) is 4.49. The van der Waals surface area contributed by atoms with Crippen LogP contribution in [0.4, 0.5) is 0 Å². The monoisotopic (exact) mass is 314 g/mol. The summed E-state index contributed by atoms with van der Waals surface area (Å²) < 4.78 is 5.36. The van der Waals surface area contributed by atoms with Crippen molar-refractivity contribution in [3.63, 3.8) is 0 Å². The Balaban J connectivity index is 2.20. The van der Waals surface area contributed by atoms with Gasteiger partial charge in [0.25, 0.3) is 0 Å². The molecule has 0 aliphatic rings. The standard InChI is InChI=1S/C19H22O2S/c1-19(2,3)14-10-11-18(21-4)16(12-14)17(20)13-22-15-8-6-5-7-9-15/h5-12H,13H2,1-4H3. The molecule has 0 saturated carbocycles. The Hall–Kier alpha value is -1.74. The summed E-state index contributed by atoms with van der Waals surface area (Å²) in [5.41, 5.74) is 1.81. The fraction of sp³-hybridized carbons (Fsp3) is 0.316. The van der Waals surface area contributed by atoms with Crippen LogP contribution < -0.4 is 4.74 Å². The van der Waals surface area contributed by atoms with Gasteiger partial charge in [-0.3, -0.25) is 4.79 Å². The molecule has 0 spiro atoms. The van der Waals surface area contributed by atoms with Gasteiger partial charge in [0, 0.05) is 4.90 Å². The van der Waals surface area contributed by atoms with Crippen molar-refractivity contribution in [2.45, 2.75) is 31.1 Å². The lowest BCUT2D eigenvalue weighted by molar-refractivity contribution is 0.101. The number of ketones is 1. The summed E-state index contributed by atoms with van der Waals surface area (Å²) in [5, 5.41) is 0. The average Bonchev–Trinajstić information content (AvgIpc) is 2.52. The van der Waals surface area contributed by atoms with Crippen LogP contribution in [0.25, 0.3) is 0 Å². The molecule has 22 heavy (non-hydrogen) atoms. The van der Waals surface area contributed by atoms with E-state index in [9.17, 15) is 4.79 Å². The fourth-order valence-electron chi connectivity index (χ4n) is 2.14. The summed E-state index contributed by atoms with van der Waals surface area (Å²) in [5.74, 6) is 1.15. The van der Waals surface area contributed by atoms with Crippen molar-refractivity contribution in [3.05, 3.63) is 59.7 Å². The zero-order valence-electron chi connectivity index (χ0n) is 13.6. The maximum absolute atomic E-state index is 12.6. The molecule has 2 nitrogen and oxygen atoms in total. The topological polar surface area (TPSA) is 26.3 Å². The predicted octanol–water partition coefficient (Wildman–Crippen LogP) is 4.97. The number of methoxy groups -OCH3 is 1. The summed E-state index contributed by atoms with van der Waals surface area (Å²) in [6.07, 6.45) is 0. The maximum atomic E-state index is 12.6. The van der Waals surface area contributed by atoms with Gasteiger partial charge in [0.1, 0.15) is 5.75 Å². The first-order chi connectivity index (χ1) is 10.4. The summed E-state index contributed by atoms with van der Waals surface area (Å²) in [6, 6.07) is 15.8. The fourth-order valence-corrected chi connectivity index (χ4v) is 2.94. The van der Waals surface area contributed by atoms with Gasteiger partial charge in [-0.25, -0.2) is 0 Å². The van der Waals surface area contributed by atoms with E-state index in [1.807, 2.05) is 48.5 Å². The number of ether oxygens (including phenoxy) is 1. The highest BCUT2D eigenvalue weighted by Crippen LogP contribution is 2.29. The van der Waals surface area contributed by atoms with E-state index in [-0.39, 0.29) is 11.2 Å². The van der Waals surface area contributed by atoms with Crippen LogP contribution in [0, 0.1) is 0 Å². The SMILES string of the molecule is COc1ccc(C(C)(C)C)cc1C(=O)CSc1ccccc1. The van der Waals surface area contributed by atoms with Crippen LogP contribution in [0.1, 0.15) is 36.7 Å². The largest absolute Gasteiger partial charge is 0.496 e. The summed E-state index contributed by atoms with van der Waals surface area (Å²) in [4.78, 5) is 13.7. The first-order valence-electron chi connectivity index (χ1n) is 7.31. The Morgan fingerprint density at radius 1 is 1.09 bits per heavy atom. The van der Waals surface area contributed by atoms with Crippen molar-refractivity contribution in [2.24, 2.45) is 0 Å². The molecule has 0 heterocycles. The third-order valence-electron chi connectivity index (χ3n) is 3.48. The van der Waals surface area contributed by atoms with E-state index in [0.717, 1.165) is 10.5 Å². The zero-order chi connectivity index (χ0) is 16.2. The Morgan fingerprint density at radius 3 is 2.36 bits per heavy atom. The molecular formula is C19H22O2S. The van der Waals surface area contributed by atoms with Crippen LogP contribution in [0.5, 0.6) is 5.75 Å². The number of carbonyl (C=O) groups is 1. The van der Waals surface area contributed by atoms with E-state index in [4.69, 9.17) is 4.74 Å². The number of hydrogen-bond acceptors (Lipinski definition) is 3. The molecule has 0 aromatic heterocycles. The van der Waals surface area contributed by atoms with Gasteiger partial charge in [-0.1, -0.05) is 45.0 Å². The van der Waals surface area contributed by atoms with Gasteiger partial charge in [0.2, 0.25) is 0 Å². The lowest BCUT2D eigenvalue weighted by Crippen LogP contribution is -2.13. The number of Topliss-reactive ketones (excluding diaryl/α,β-unsaturated/α-hetero) is 1. The Morgan fingerprint density at radius 2 is 1.77 bits per heavy atom. The van der Waals surface area contributed by atoms with Gasteiger partial charge < -0.3 is 4.74 Å². The van der Waals surface area contributed by atoms with Crippen molar-refractivity contribution in [1.29, 1.82) is 0 Å². The van der Waals surface area contributed by atoms with E-state index < -0.39 is 0 Å².